The van der Waals surface area contributed by atoms with Crippen LogP contribution in [0.25, 0.3) is 6.08 Å². The molecule has 0 saturated carbocycles. The molecule has 1 N–H and O–H groups in total. The summed E-state index contributed by atoms with van der Waals surface area (Å²) in [6.07, 6.45) is 3.07. The maximum atomic E-state index is 11.9. The molecule has 1 heterocycles. The molecule has 5 heteroatoms. The number of hydrogen-bond donors (Lipinski definition) is 1. The van der Waals surface area contributed by atoms with Gasteiger partial charge in [-0.15, -0.1) is 11.3 Å². The molecule has 22 heavy (non-hydrogen) atoms. The monoisotopic (exact) mass is 317 g/mol. The van der Waals surface area contributed by atoms with Gasteiger partial charge in [-0.05, 0) is 23.6 Å². The lowest BCUT2D eigenvalue weighted by Crippen LogP contribution is -2.27. The van der Waals surface area contributed by atoms with E-state index < -0.39 is 0 Å². The van der Waals surface area contributed by atoms with Gasteiger partial charge in [-0.2, -0.15) is 0 Å². The van der Waals surface area contributed by atoms with Crippen molar-refractivity contribution in [1.29, 1.82) is 0 Å². The summed E-state index contributed by atoms with van der Waals surface area (Å²) in [5.41, 5.74) is 0.912. The lowest BCUT2D eigenvalue weighted by molar-refractivity contribution is -0.117. The van der Waals surface area contributed by atoms with Gasteiger partial charge in [0.25, 0.3) is 0 Å². The second-order valence-corrected chi connectivity index (χ2v) is 5.54. The highest BCUT2D eigenvalue weighted by Gasteiger charge is 2.15. The van der Waals surface area contributed by atoms with Crippen LogP contribution < -0.4 is 10.1 Å². The molecule has 1 amide bonds. The van der Waals surface area contributed by atoms with Crippen molar-refractivity contribution in [2.75, 3.05) is 20.8 Å². The number of nitrogens with one attached hydrogen (secondary N) is 1. The second-order valence-electron chi connectivity index (χ2n) is 4.56. The molecule has 2 aromatic rings. The maximum Gasteiger partial charge on any atom is 0.244 e. The number of carbonyl (C=O) groups is 1. The first-order valence-corrected chi connectivity index (χ1v) is 7.77. The van der Waals surface area contributed by atoms with Crippen LogP contribution in [0.4, 0.5) is 0 Å². The Morgan fingerprint density at radius 1 is 1.27 bits per heavy atom. The van der Waals surface area contributed by atoms with Gasteiger partial charge in [-0.25, -0.2) is 0 Å². The predicted molar refractivity (Wildman–Crippen MR) is 89.1 cm³/mol. The van der Waals surface area contributed by atoms with Crippen LogP contribution in [0.5, 0.6) is 5.75 Å². The van der Waals surface area contributed by atoms with Gasteiger partial charge in [-0.3, -0.25) is 4.79 Å². The Balaban J connectivity index is 1.94. The number of carbonyl (C=O) groups excluding carboxylic acids is 1. The van der Waals surface area contributed by atoms with Crippen molar-refractivity contribution in [1.82, 2.24) is 5.32 Å². The van der Waals surface area contributed by atoms with Crippen LogP contribution in [0.15, 0.2) is 47.9 Å². The summed E-state index contributed by atoms with van der Waals surface area (Å²) in [4.78, 5) is 12.9. The van der Waals surface area contributed by atoms with Crippen LogP contribution in [0.1, 0.15) is 16.5 Å². The fourth-order valence-corrected chi connectivity index (χ4v) is 2.67. The lowest BCUT2D eigenvalue weighted by atomic mass is 10.1. The summed E-state index contributed by atoms with van der Waals surface area (Å²) < 4.78 is 10.8. The molecule has 0 spiro atoms. The molecule has 0 unspecified atom stereocenters. The van der Waals surface area contributed by atoms with Crippen molar-refractivity contribution in [3.8, 4) is 5.75 Å². The number of para-hydroxylation sites is 1. The predicted octanol–water partition coefficient (Wildman–Crippen LogP) is 3.27. The standard InChI is InChI=1S/C17H19NO3S/c1-20-15-8-4-3-7-14(15)16(21-2)12-18-17(19)10-9-13-6-5-11-22-13/h3-11,16H,12H2,1-2H3,(H,18,19)/b10-9+/t16-/m1/s1. The molecule has 4 nitrogen and oxygen atoms in total. The number of methoxy groups -OCH3 is 2. The first-order valence-electron chi connectivity index (χ1n) is 6.89. The summed E-state index contributed by atoms with van der Waals surface area (Å²) in [7, 11) is 3.23. The van der Waals surface area contributed by atoms with Gasteiger partial charge >= 0.3 is 0 Å². The quantitative estimate of drug-likeness (QED) is 0.797. The zero-order valence-electron chi connectivity index (χ0n) is 12.6. The Morgan fingerprint density at radius 2 is 2.09 bits per heavy atom. The number of amides is 1. The molecule has 0 aliphatic heterocycles. The summed E-state index contributed by atoms with van der Waals surface area (Å²) in [6.45, 7) is 0.379. The molecular formula is C17H19NO3S. The van der Waals surface area contributed by atoms with Gasteiger partial charge in [0, 0.05) is 30.2 Å². The first kappa shape index (κ1) is 16.3. The minimum Gasteiger partial charge on any atom is -0.496 e. The van der Waals surface area contributed by atoms with E-state index in [1.54, 1.807) is 31.6 Å². The lowest BCUT2D eigenvalue weighted by Gasteiger charge is -2.18. The van der Waals surface area contributed by atoms with Gasteiger partial charge in [0.2, 0.25) is 5.91 Å². The van der Waals surface area contributed by atoms with Crippen LogP contribution in [-0.4, -0.2) is 26.7 Å². The molecule has 0 fully saturated rings. The summed E-state index contributed by atoms with van der Waals surface area (Å²) >= 11 is 1.59. The molecule has 0 aliphatic carbocycles. The van der Waals surface area contributed by atoms with Gasteiger partial charge in [-0.1, -0.05) is 24.3 Å². The van der Waals surface area contributed by atoms with Crippen LogP contribution in [0.2, 0.25) is 0 Å². The third-order valence-electron chi connectivity index (χ3n) is 3.17. The van der Waals surface area contributed by atoms with E-state index in [1.807, 2.05) is 41.8 Å². The van der Waals surface area contributed by atoms with E-state index in [-0.39, 0.29) is 12.0 Å². The minimum atomic E-state index is -0.254. The number of ether oxygens (including phenoxy) is 2. The Morgan fingerprint density at radius 3 is 2.77 bits per heavy atom. The summed E-state index contributed by atoms with van der Waals surface area (Å²) in [6, 6.07) is 11.5. The van der Waals surface area contributed by atoms with Crippen LogP contribution in [0, 0.1) is 0 Å². The smallest absolute Gasteiger partial charge is 0.244 e. The van der Waals surface area contributed by atoms with Crippen LogP contribution in [0.3, 0.4) is 0 Å². The van der Waals surface area contributed by atoms with Gasteiger partial charge < -0.3 is 14.8 Å². The Hall–Kier alpha value is -2.11. The summed E-state index contributed by atoms with van der Waals surface area (Å²) in [5.74, 6) is 0.600. The normalized spacial score (nSPS) is 12.3. The molecule has 1 aromatic carbocycles. The van der Waals surface area contributed by atoms with Crippen molar-refractivity contribution in [2.45, 2.75) is 6.10 Å². The Kier molecular flexibility index (Phi) is 6.18. The van der Waals surface area contributed by atoms with E-state index in [9.17, 15) is 4.79 Å². The Labute approximate surface area is 134 Å². The first-order chi connectivity index (χ1) is 10.7. The third-order valence-corrected chi connectivity index (χ3v) is 4.01. The highest BCUT2D eigenvalue weighted by molar-refractivity contribution is 7.10. The van der Waals surface area contributed by atoms with Crippen LogP contribution >= 0.6 is 11.3 Å². The maximum absolute atomic E-state index is 11.9. The molecule has 0 bridgehead atoms. The average Bonchev–Trinajstić information content (AvgIpc) is 3.07. The van der Waals surface area contributed by atoms with Crippen LogP contribution in [-0.2, 0) is 9.53 Å². The molecule has 0 aliphatic rings. The van der Waals surface area contributed by atoms with Gasteiger partial charge in [0.05, 0.1) is 7.11 Å². The topological polar surface area (TPSA) is 47.6 Å². The number of benzene rings is 1. The summed E-state index contributed by atoms with van der Waals surface area (Å²) in [5, 5.41) is 4.82. The molecule has 116 valence electrons. The van der Waals surface area contributed by atoms with Crippen molar-refractivity contribution < 1.29 is 14.3 Å². The minimum absolute atomic E-state index is 0.148. The molecule has 0 radical (unpaired) electrons. The van der Waals surface area contributed by atoms with E-state index >= 15 is 0 Å². The third kappa shape index (κ3) is 4.44. The second kappa shape index (κ2) is 8.36. The van der Waals surface area contributed by atoms with Gasteiger partial charge in [0.1, 0.15) is 11.9 Å². The fraction of sp³-hybridized carbons (Fsp3) is 0.235. The van der Waals surface area contributed by atoms with E-state index in [0.29, 0.717) is 6.54 Å². The largest absolute Gasteiger partial charge is 0.496 e. The van der Waals surface area contributed by atoms with Crippen molar-refractivity contribution in [3.63, 3.8) is 0 Å². The van der Waals surface area contributed by atoms with Crippen molar-refractivity contribution in [2.24, 2.45) is 0 Å². The highest BCUT2D eigenvalue weighted by Crippen LogP contribution is 2.26. The SMILES string of the molecule is COc1ccccc1[C@@H](CNC(=O)/C=C/c1cccs1)OC. The van der Waals surface area contributed by atoms with Gasteiger partial charge in [0.15, 0.2) is 0 Å². The number of hydrogen-bond acceptors (Lipinski definition) is 4. The van der Waals surface area contributed by atoms with Crippen molar-refractivity contribution >= 4 is 23.3 Å². The van der Waals surface area contributed by atoms with E-state index in [2.05, 4.69) is 5.32 Å². The molecular weight excluding hydrogens is 298 g/mol. The van der Waals surface area contributed by atoms with E-state index in [1.165, 1.54) is 6.08 Å². The average molecular weight is 317 g/mol. The zero-order valence-corrected chi connectivity index (χ0v) is 13.4. The fourth-order valence-electron chi connectivity index (χ4n) is 2.05. The molecule has 1 atom stereocenters. The Bertz CT molecular complexity index is 623. The molecule has 0 saturated heterocycles. The molecule has 1 aromatic heterocycles. The zero-order chi connectivity index (χ0) is 15.8. The van der Waals surface area contributed by atoms with Crippen molar-refractivity contribution in [3.05, 3.63) is 58.3 Å². The number of thiophene rings is 1. The van der Waals surface area contributed by atoms with E-state index in [4.69, 9.17) is 9.47 Å². The van der Waals surface area contributed by atoms with E-state index in [0.717, 1.165) is 16.2 Å². The number of rotatable bonds is 7. The highest BCUT2D eigenvalue weighted by atomic mass is 32.1. The molecule has 2 rings (SSSR count).